The summed E-state index contributed by atoms with van der Waals surface area (Å²) >= 11 is 0. The number of rotatable bonds is 6. The normalized spacial score (nSPS) is 16.6. The molecule has 3 rings (SSSR count). The molecular formula is C20H27FN4O2. The summed E-state index contributed by atoms with van der Waals surface area (Å²) in [4.78, 5) is 16.6. The van der Waals surface area contributed by atoms with Crippen LogP contribution in [0, 0.1) is 5.82 Å². The number of carbonyl (C=O) groups excluding carboxylic acids is 1. The molecule has 0 radical (unpaired) electrons. The van der Waals surface area contributed by atoms with E-state index < -0.39 is 6.10 Å². The van der Waals surface area contributed by atoms with Crippen LogP contribution in [0.4, 0.5) is 4.39 Å². The second-order valence-electron chi connectivity index (χ2n) is 7.37. The number of piperidine rings is 1. The molecule has 1 fully saturated rings. The molecular weight excluding hydrogens is 347 g/mol. The number of likely N-dealkylation sites (tertiary alicyclic amines) is 1. The highest BCUT2D eigenvalue weighted by atomic mass is 19.1. The fourth-order valence-corrected chi connectivity index (χ4v) is 3.46. The van der Waals surface area contributed by atoms with Gasteiger partial charge in [-0.2, -0.15) is 5.10 Å². The van der Waals surface area contributed by atoms with Crippen molar-refractivity contribution in [3.05, 3.63) is 47.5 Å². The standard InChI is InChI=1S/C20H27FN4O2/c1-14(27-18-6-4-5-16(21)11-18)20(26)25-9-7-15(8-10-25)19-12-17(22-23-19)13-24(2)3/h4-6,11-12,14-15H,7-10,13H2,1-3H3,(H,22,23)/t14-/m0/s1. The molecule has 0 unspecified atom stereocenters. The molecule has 0 saturated carbocycles. The summed E-state index contributed by atoms with van der Waals surface area (Å²) in [5.41, 5.74) is 2.17. The maximum atomic E-state index is 13.3. The van der Waals surface area contributed by atoms with Crippen LogP contribution < -0.4 is 4.74 Å². The molecule has 1 aliphatic rings. The third kappa shape index (κ3) is 5.07. The Labute approximate surface area is 159 Å². The second kappa shape index (κ2) is 8.52. The number of amides is 1. The average molecular weight is 374 g/mol. The van der Waals surface area contributed by atoms with E-state index in [1.54, 1.807) is 19.1 Å². The number of halogens is 1. The van der Waals surface area contributed by atoms with Crippen LogP contribution in [0.3, 0.4) is 0 Å². The number of carbonyl (C=O) groups is 1. The van der Waals surface area contributed by atoms with Crippen molar-refractivity contribution < 1.29 is 13.9 Å². The first-order valence-corrected chi connectivity index (χ1v) is 9.32. The van der Waals surface area contributed by atoms with Crippen LogP contribution in [0.25, 0.3) is 0 Å². The van der Waals surface area contributed by atoms with Gasteiger partial charge in [0.15, 0.2) is 6.10 Å². The maximum Gasteiger partial charge on any atom is 0.263 e. The molecule has 2 heterocycles. The highest BCUT2D eigenvalue weighted by Crippen LogP contribution is 2.28. The van der Waals surface area contributed by atoms with E-state index in [1.807, 2.05) is 19.0 Å². The third-order valence-electron chi connectivity index (χ3n) is 4.82. The van der Waals surface area contributed by atoms with E-state index in [0.717, 1.165) is 30.8 Å². The van der Waals surface area contributed by atoms with E-state index in [2.05, 4.69) is 21.2 Å². The number of H-pyrrole nitrogens is 1. The summed E-state index contributed by atoms with van der Waals surface area (Å²) in [6.45, 7) is 3.90. The molecule has 0 spiro atoms. The van der Waals surface area contributed by atoms with Crippen molar-refractivity contribution >= 4 is 5.91 Å². The van der Waals surface area contributed by atoms with Crippen molar-refractivity contribution in [3.8, 4) is 5.75 Å². The van der Waals surface area contributed by atoms with Crippen LogP contribution in [-0.4, -0.2) is 59.2 Å². The van der Waals surface area contributed by atoms with Crippen molar-refractivity contribution in [2.24, 2.45) is 0 Å². The van der Waals surface area contributed by atoms with E-state index in [1.165, 1.54) is 12.1 Å². The number of benzene rings is 1. The Kier molecular flexibility index (Phi) is 6.11. The van der Waals surface area contributed by atoms with Crippen molar-refractivity contribution in [1.29, 1.82) is 0 Å². The molecule has 2 aromatic rings. The first-order valence-electron chi connectivity index (χ1n) is 9.32. The fourth-order valence-electron chi connectivity index (χ4n) is 3.46. The molecule has 146 valence electrons. The SMILES string of the molecule is C[C@H](Oc1cccc(F)c1)C(=O)N1CCC(c2cc(CN(C)C)[nH]n2)CC1. The molecule has 1 aliphatic heterocycles. The van der Waals surface area contributed by atoms with Gasteiger partial charge < -0.3 is 14.5 Å². The minimum absolute atomic E-state index is 0.0620. The number of aromatic nitrogens is 2. The van der Waals surface area contributed by atoms with Crippen molar-refractivity contribution in [2.45, 2.75) is 38.3 Å². The lowest BCUT2D eigenvalue weighted by molar-refractivity contribution is -0.139. The van der Waals surface area contributed by atoms with E-state index >= 15 is 0 Å². The largest absolute Gasteiger partial charge is 0.481 e. The lowest BCUT2D eigenvalue weighted by atomic mass is 9.93. The summed E-state index contributed by atoms with van der Waals surface area (Å²) in [5.74, 6) is 0.296. The van der Waals surface area contributed by atoms with E-state index in [-0.39, 0.29) is 11.7 Å². The Hall–Kier alpha value is -2.41. The van der Waals surface area contributed by atoms with Gasteiger partial charge in [-0.3, -0.25) is 9.89 Å². The number of hydrogen-bond acceptors (Lipinski definition) is 4. The van der Waals surface area contributed by atoms with Gasteiger partial charge >= 0.3 is 0 Å². The Morgan fingerprint density at radius 2 is 2.11 bits per heavy atom. The van der Waals surface area contributed by atoms with E-state index in [9.17, 15) is 9.18 Å². The van der Waals surface area contributed by atoms with Gasteiger partial charge in [0, 0.05) is 37.3 Å². The molecule has 7 heteroatoms. The summed E-state index contributed by atoms with van der Waals surface area (Å²) in [7, 11) is 4.05. The number of aromatic amines is 1. The van der Waals surface area contributed by atoms with Crippen LogP contribution in [0.5, 0.6) is 5.75 Å². The van der Waals surface area contributed by atoms with Gasteiger partial charge in [-0.05, 0) is 52.1 Å². The molecule has 27 heavy (non-hydrogen) atoms. The summed E-state index contributed by atoms with van der Waals surface area (Å²) < 4.78 is 18.9. The van der Waals surface area contributed by atoms with Crippen molar-refractivity contribution in [1.82, 2.24) is 20.0 Å². The van der Waals surface area contributed by atoms with Crippen molar-refractivity contribution in [2.75, 3.05) is 27.2 Å². The number of hydrogen-bond donors (Lipinski definition) is 1. The molecule has 1 saturated heterocycles. The van der Waals surface area contributed by atoms with Gasteiger partial charge in [0.1, 0.15) is 11.6 Å². The number of nitrogens with one attached hydrogen (secondary N) is 1. The predicted molar refractivity (Wildman–Crippen MR) is 101 cm³/mol. The summed E-state index contributed by atoms with van der Waals surface area (Å²) in [6.07, 6.45) is 1.12. The molecule has 6 nitrogen and oxygen atoms in total. The lowest BCUT2D eigenvalue weighted by Gasteiger charge is -2.33. The Morgan fingerprint density at radius 3 is 2.78 bits per heavy atom. The average Bonchev–Trinajstić information content (AvgIpc) is 3.09. The van der Waals surface area contributed by atoms with Gasteiger partial charge in [0.05, 0.1) is 5.69 Å². The van der Waals surface area contributed by atoms with Gasteiger partial charge in [0.25, 0.3) is 5.91 Å². The predicted octanol–water partition coefficient (Wildman–Crippen LogP) is 2.78. The van der Waals surface area contributed by atoms with E-state index in [0.29, 0.717) is 24.8 Å². The monoisotopic (exact) mass is 374 g/mol. The molecule has 1 N–H and O–H groups in total. The highest BCUT2D eigenvalue weighted by Gasteiger charge is 2.28. The number of nitrogens with zero attached hydrogens (tertiary/aromatic N) is 3. The van der Waals surface area contributed by atoms with Crippen molar-refractivity contribution in [3.63, 3.8) is 0 Å². The zero-order valence-corrected chi connectivity index (χ0v) is 16.1. The lowest BCUT2D eigenvalue weighted by Crippen LogP contribution is -2.44. The van der Waals surface area contributed by atoms with Crippen LogP contribution in [0.1, 0.15) is 37.1 Å². The van der Waals surface area contributed by atoms with Crippen LogP contribution in [-0.2, 0) is 11.3 Å². The maximum absolute atomic E-state index is 13.3. The topological polar surface area (TPSA) is 61.5 Å². The summed E-state index contributed by atoms with van der Waals surface area (Å²) in [6, 6.07) is 7.99. The minimum Gasteiger partial charge on any atom is -0.481 e. The van der Waals surface area contributed by atoms with Gasteiger partial charge in [-0.15, -0.1) is 0 Å². The smallest absolute Gasteiger partial charge is 0.263 e. The second-order valence-corrected chi connectivity index (χ2v) is 7.37. The van der Waals surface area contributed by atoms with Crippen LogP contribution in [0.2, 0.25) is 0 Å². The number of ether oxygens (including phenoxy) is 1. The van der Waals surface area contributed by atoms with Crippen LogP contribution >= 0.6 is 0 Å². The molecule has 1 aromatic carbocycles. The zero-order valence-electron chi connectivity index (χ0n) is 16.1. The Bertz CT molecular complexity index is 769. The fraction of sp³-hybridized carbons (Fsp3) is 0.500. The molecule has 0 aliphatic carbocycles. The first-order chi connectivity index (χ1) is 12.9. The Morgan fingerprint density at radius 1 is 1.37 bits per heavy atom. The zero-order chi connectivity index (χ0) is 19.4. The quantitative estimate of drug-likeness (QED) is 0.845. The first kappa shape index (κ1) is 19.4. The molecule has 1 atom stereocenters. The molecule has 0 bridgehead atoms. The van der Waals surface area contributed by atoms with Gasteiger partial charge in [-0.1, -0.05) is 6.07 Å². The highest BCUT2D eigenvalue weighted by molar-refractivity contribution is 5.81. The third-order valence-corrected chi connectivity index (χ3v) is 4.82. The summed E-state index contributed by atoms with van der Waals surface area (Å²) in [5, 5.41) is 7.54. The van der Waals surface area contributed by atoms with Gasteiger partial charge in [-0.25, -0.2) is 4.39 Å². The minimum atomic E-state index is -0.638. The molecule has 1 amide bonds. The Balaban J connectivity index is 1.52. The van der Waals surface area contributed by atoms with E-state index in [4.69, 9.17) is 4.74 Å². The molecule has 1 aromatic heterocycles. The van der Waals surface area contributed by atoms with Gasteiger partial charge in [0.2, 0.25) is 0 Å². The van der Waals surface area contributed by atoms with Crippen LogP contribution in [0.15, 0.2) is 30.3 Å².